The molecule has 0 aromatic carbocycles. The molecule has 0 saturated carbocycles. The number of hydrogen-bond donors (Lipinski definition) is 1. The van der Waals surface area contributed by atoms with Crippen molar-refractivity contribution in [1.82, 2.24) is 5.32 Å². The molecule has 0 radical (unpaired) electrons. The van der Waals surface area contributed by atoms with E-state index in [1.165, 1.54) is 0 Å². The van der Waals surface area contributed by atoms with Gasteiger partial charge in [0.15, 0.2) is 0 Å². The first-order chi connectivity index (χ1) is 6.68. The maximum atomic E-state index is 11.5. The van der Waals surface area contributed by atoms with Crippen molar-refractivity contribution < 1.29 is 4.79 Å². The topological polar surface area (TPSA) is 41.5 Å². The van der Waals surface area contributed by atoms with Gasteiger partial charge in [0.1, 0.15) is 11.9 Å². The summed E-state index contributed by atoms with van der Waals surface area (Å²) in [5.41, 5.74) is 0. The van der Waals surface area contributed by atoms with Crippen LogP contribution >= 0.6 is 11.3 Å². The molecule has 74 valence electrons. The van der Waals surface area contributed by atoms with Crippen molar-refractivity contribution in [2.45, 2.75) is 19.9 Å². The number of amidine groups is 1. The molecule has 1 aliphatic heterocycles. The average molecular weight is 208 g/mol. The van der Waals surface area contributed by atoms with E-state index in [0.717, 1.165) is 10.7 Å². The van der Waals surface area contributed by atoms with Crippen LogP contribution in [0.5, 0.6) is 0 Å². The first-order valence-electron chi connectivity index (χ1n) is 4.61. The third-order valence-corrected chi connectivity index (χ3v) is 3.04. The Labute approximate surface area is 86.9 Å². The summed E-state index contributed by atoms with van der Waals surface area (Å²) in [6, 6.07) is 3.70. The van der Waals surface area contributed by atoms with Crippen molar-refractivity contribution >= 4 is 23.1 Å². The molecular weight excluding hydrogens is 196 g/mol. The normalized spacial score (nSPS) is 21.2. The van der Waals surface area contributed by atoms with E-state index in [2.05, 4.69) is 10.3 Å². The van der Waals surface area contributed by atoms with Crippen LogP contribution in [0.3, 0.4) is 0 Å². The van der Waals surface area contributed by atoms with Crippen molar-refractivity contribution in [3.05, 3.63) is 22.4 Å². The molecule has 2 rings (SSSR count). The van der Waals surface area contributed by atoms with Gasteiger partial charge in [0, 0.05) is 0 Å². The molecule has 0 bridgehead atoms. The lowest BCUT2D eigenvalue weighted by atomic mass is 10.1. The highest BCUT2D eigenvalue weighted by Crippen LogP contribution is 2.17. The second-order valence-corrected chi connectivity index (χ2v) is 4.58. The van der Waals surface area contributed by atoms with E-state index in [-0.39, 0.29) is 17.9 Å². The number of thiophene rings is 1. The number of hydrogen-bond acceptors (Lipinski definition) is 3. The summed E-state index contributed by atoms with van der Waals surface area (Å²) in [5.74, 6) is 1.000. The standard InChI is InChI=1S/C10H12N2OS/c1-6(2)8-10(13)12-9(11-8)7-4-3-5-14-7/h3-6,8H,1-2H3,(H,11,12,13). The quantitative estimate of drug-likeness (QED) is 0.789. The molecule has 1 unspecified atom stereocenters. The summed E-state index contributed by atoms with van der Waals surface area (Å²) in [6.45, 7) is 4.01. The molecule has 1 aromatic rings. The van der Waals surface area contributed by atoms with Gasteiger partial charge in [0.25, 0.3) is 5.91 Å². The van der Waals surface area contributed by atoms with Crippen LogP contribution in [0.15, 0.2) is 22.5 Å². The number of carbonyl (C=O) groups excluding carboxylic acids is 1. The molecule has 1 amide bonds. The third kappa shape index (κ3) is 1.57. The van der Waals surface area contributed by atoms with Gasteiger partial charge in [-0.1, -0.05) is 19.9 Å². The molecule has 0 aliphatic carbocycles. The van der Waals surface area contributed by atoms with Crippen LogP contribution in [0.4, 0.5) is 0 Å². The third-order valence-electron chi connectivity index (χ3n) is 2.16. The van der Waals surface area contributed by atoms with Crippen LogP contribution in [0.1, 0.15) is 18.7 Å². The minimum atomic E-state index is -0.216. The second kappa shape index (κ2) is 3.53. The lowest BCUT2D eigenvalue weighted by Crippen LogP contribution is -2.31. The molecule has 2 heterocycles. The Morgan fingerprint density at radius 1 is 1.57 bits per heavy atom. The van der Waals surface area contributed by atoms with Gasteiger partial charge >= 0.3 is 0 Å². The maximum Gasteiger partial charge on any atom is 0.250 e. The summed E-state index contributed by atoms with van der Waals surface area (Å²) in [4.78, 5) is 16.9. The highest BCUT2D eigenvalue weighted by atomic mass is 32.1. The van der Waals surface area contributed by atoms with Crippen LogP contribution in [0.25, 0.3) is 0 Å². The zero-order valence-corrected chi connectivity index (χ0v) is 8.97. The van der Waals surface area contributed by atoms with Crippen molar-refractivity contribution in [1.29, 1.82) is 0 Å². The molecule has 0 saturated heterocycles. The van der Waals surface area contributed by atoms with Gasteiger partial charge in [-0.05, 0) is 17.4 Å². The lowest BCUT2D eigenvalue weighted by molar-refractivity contribution is -0.120. The molecule has 4 heteroatoms. The summed E-state index contributed by atoms with van der Waals surface area (Å²) in [5, 5.41) is 4.79. The predicted molar refractivity (Wildman–Crippen MR) is 57.6 cm³/mol. The Morgan fingerprint density at radius 2 is 2.36 bits per heavy atom. The molecule has 3 nitrogen and oxygen atoms in total. The fourth-order valence-electron chi connectivity index (χ4n) is 1.41. The van der Waals surface area contributed by atoms with Crippen molar-refractivity contribution in [3.63, 3.8) is 0 Å². The number of rotatable bonds is 2. The maximum absolute atomic E-state index is 11.5. The SMILES string of the molecule is CC(C)C1N=C(c2cccs2)NC1=O. The largest absolute Gasteiger partial charge is 0.308 e. The van der Waals surface area contributed by atoms with Gasteiger partial charge in [-0.2, -0.15) is 0 Å². The molecule has 1 aromatic heterocycles. The Morgan fingerprint density at radius 3 is 2.86 bits per heavy atom. The minimum absolute atomic E-state index is 0.0170. The van der Waals surface area contributed by atoms with Crippen LogP contribution in [-0.4, -0.2) is 17.8 Å². The van der Waals surface area contributed by atoms with Crippen LogP contribution in [-0.2, 0) is 4.79 Å². The molecule has 1 atom stereocenters. The predicted octanol–water partition coefficient (Wildman–Crippen LogP) is 1.65. The molecule has 0 fully saturated rings. The van der Waals surface area contributed by atoms with Gasteiger partial charge in [0.05, 0.1) is 4.88 Å². The Bertz CT molecular complexity index is 367. The average Bonchev–Trinajstić information content (AvgIpc) is 2.70. The first-order valence-corrected chi connectivity index (χ1v) is 5.49. The van der Waals surface area contributed by atoms with Crippen molar-refractivity contribution in [3.8, 4) is 0 Å². The monoisotopic (exact) mass is 208 g/mol. The number of nitrogens with zero attached hydrogens (tertiary/aromatic N) is 1. The Kier molecular flexibility index (Phi) is 2.37. The van der Waals surface area contributed by atoms with Crippen LogP contribution < -0.4 is 5.32 Å². The van der Waals surface area contributed by atoms with E-state index < -0.39 is 0 Å². The molecule has 0 spiro atoms. The lowest BCUT2D eigenvalue weighted by Gasteiger charge is -2.06. The van der Waals surface area contributed by atoms with Crippen molar-refractivity contribution in [2.24, 2.45) is 10.9 Å². The van der Waals surface area contributed by atoms with Gasteiger partial charge in [-0.25, -0.2) is 0 Å². The Balaban J connectivity index is 2.25. The number of amides is 1. The zero-order valence-electron chi connectivity index (χ0n) is 8.15. The second-order valence-electron chi connectivity index (χ2n) is 3.63. The van der Waals surface area contributed by atoms with Gasteiger partial charge in [-0.3, -0.25) is 9.79 Å². The smallest absolute Gasteiger partial charge is 0.250 e. The van der Waals surface area contributed by atoms with Crippen LogP contribution in [0, 0.1) is 5.92 Å². The van der Waals surface area contributed by atoms with E-state index >= 15 is 0 Å². The summed E-state index contributed by atoms with van der Waals surface area (Å²) in [7, 11) is 0. The van der Waals surface area contributed by atoms with E-state index in [9.17, 15) is 4.79 Å². The molecule has 1 N–H and O–H groups in total. The fourth-order valence-corrected chi connectivity index (χ4v) is 2.09. The Hall–Kier alpha value is -1.16. The molecular formula is C10H12N2OS. The molecule has 14 heavy (non-hydrogen) atoms. The van der Waals surface area contributed by atoms with E-state index in [1.54, 1.807) is 11.3 Å². The molecule has 1 aliphatic rings. The highest BCUT2D eigenvalue weighted by molar-refractivity contribution is 7.12. The zero-order chi connectivity index (χ0) is 10.1. The summed E-state index contributed by atoms with van der Waals surface area (Å²) in [6.07, 6.45) is 0. The van der Waals surface area contributed by atoms with Gasteiger partial charge in [0.2, 0.25) is 0 Å². The fraction of sp³-hybridized carbons (Fsp3) is 0.400. The number of nitrogens with one attached hydrogen (secondary N) is 1. The number of aliphatic imine (C=N–C) groups is 1. The van der Waals surface area contributed by atoms with Gasteiger partial charge < -0.3 is 5.32 Å². The van der Waals surface area contributed by atoms with Gasteiger partial charge in [-0.15, -0.1) is 11.3 Å². The summed E-state index contributed by atoms with van der Waals surface area (Å²) < 4.78 is 0. The van der Waals surface area contributed by atoms with Crippen molar-refractivity contribution in [2.75, 3.05) is 0 Å². The minimum Gasteiger partial charge on any atom is -0.308 e. The summed E-state index contributed by atoms with van der Waals surface area (Å²) >= 11 is 1.59. The van der Waals surface area contributed by atoms with E-state index in [1.807, 2.05) is 31.4 Å². The number of carbonyl (C=O) groups is 1. The first kappa shape index (κ1) is 9.40. The van der Waals surface area contributed by atoms with Crippen LogP contribution in [0.2, 0.25) is 0 Å². The highest BCUT2D eigenvalue weighted by Gasteiger charge is 2.29. The van der Waals surface area contributed by atoms with E-state index in [0.29, 0.717) is 0 Å². The van der Waals surface area contributed by atoms with E-state index in [4.69, 9.17) is 0 Å².